The van der Waals surface area contributed by atoms with Crippen LogP contribution in [0.15, 0.2) is 11.6 Å². The molecule has 134 valence electrons. The lowest BCUT2D eigenvalue weighted by Gasteiger charge is -2.57. The molecule has 0 aromatic carbocycles. The van der Waals surface area contributed by atoms with Crippen molar-refractivity contribution in [3.63, 3.8) is 0 Å². The normalized spacial score (nSPS) is 47.6. The topological polar surface area (TPSA) is 35.5 Å². The Morgan fingerprint density at radius 2 is 1.88 bits per heavy atom. The van der Waals surface area contributed by atoms with Gasteiger partial charge in [0.25, 0.3) is 0 Å². The highest BCUT2D eigenvalue weighted by Gasteiger charge is 2.58. The van der Waals surface area contributed by atoms with Crippen LogP contribution in [-0.2, 0) is 14.3 Å². The van der Waals surface area contributed by atoms with Gasteiger partial charge in [-0.1, -0.05) is 25.5 Å². The van der Waals surface area contributed by atoms with Crippen LogP contribution in [0, 0.1) is 28.6 Å². The van der Waals surface area contributed by atoms with Crippen LogP contribution in [0.1, 0.15) is 65.2 Å². The molecule has 3 heteroatoms. The summed E-state index contributed by atoms with van der Waals surface area (Å²) in [6, 6.07) is 0. The first kappa shape index (κ1) is 16.8. The van der Waals surface area contributed by atoms with E-state index in [-0.39, 0.29) is 5.41 Å². The highest BCUT2D eigenvalue weighted by Crippen LogP contribution is 2.64. The van der Waals surface area contributed by atoms with E-state index in [0.29, 0.717) is 30.0 Å². The molecule has 4 aliphatic carbocycles. The van der Waals surface area contributed by atoms with E-state index in [9.17, 15) is 4.79 Å². The van der Waals surface area contributed by atoms with Crippen LogP contribution in [0.4, 0.5) is 0 Å². The van der Waals surface area contributed by atoms with Crippen molar-refractivity contribution in [2.75, 3.05) is 13.9 Å². The van der Waals surface area contributed by atoms with Gasteiger partial charge in [-0.25, -0.2) is 0 Å². The van der Waals surface area contributed by atoms with E-state index in [1.54, 1.807) is 12.7 Å². The van der Waals surface area contributed by atoms with Crippen molar-refractivity contribution in [1.29, 1.82) is 0 Å². The minimum absolute atomic E-state index is 0.0123. The van der Waals surface area contributed by atoms with Crippen LogP contribution < -0.4 is 0 Å². The third-order valence-electron chi connectivity index (χ3n) is 8.19. The van der Waals surface area contributed by atoms with Crippen molar-refractivity contribution in [2.24, 2.45) is 28.6 Å². The lowest BCUT2D eigenvalue weighted by atomic mass is 9.48. The number of ether oxygens (including phenoxy) is 2. The third-order valence-corrected chi connectivity index (χ3v) is 8.19. The summed E-state index contributed by atoms with van der Waals surface area (Å²) in [4.78, 5) is 12.5. The maximum absolute atomic E-state index is 12.5. The molecule has 6 atom stereocenters. The van der Waals surface area contributed by atoms with Gasteiger partial charge in [0.05, 0.1) is 6.10 Å². The predicted octanol–water partition coefficient (Wildman–Crippen LogP) is 4.51. The van der Waals surface area contributed by atoms with E-state index in [0.717, 1.165) is 43.9 Å². The zero-order valence-corrected chi connectivity index (χ0v) is 15.5. The first-order valence-electron chi connectivity index (χ1n) is 9.82. The number of allylic oxidation sites excluding steroid dienone is 1. The number of carbonyl (C=O) groups is 1. The minimum Gasteiger partial charge on any atom is -0.359 e. The highest BCUT2D eigenvalue weighted by atomic mass is 16.7. The molecule has 0 spiro atoms. The quantitative estimate of drug-likeness (QED) is 0.563. The van der Waals surface area contributed by atoms with Crippen LogP contribution in [0.2, 0.25) is 0 Å². The van der Waals surface area contributed by atoms with Crippen molar-refractivity contribution in [1.82, 2.24) is 0 Å². The van der Waals surface area contributed by atoms with Gasteiger partial charge in [-0.05, 0) is 68.1 Å². The first-order valence-corrected chi connectivity index (χ1v) is 9.82. The number of fused-ring (bicyclic) bond motifs is 5. The van der Waals surface area contributed by atoms with E-state index in [1.807, 2.05) is 0 Å². The molecule has 4 aliphatic rings. The number of methoxy groups -OCH3 is 1. The zero-order valence-electron chi connectivity index (χ0n) is 15.5. The van der Waals surface area contributed by atoms with Crippen LogP contribution in [0.25, 0.3) is 0 Å². The second-order valence-electron chi connectivity index (χ2n) is 9.12. The summed E-state index contributed by atoms with van der Waals surface area (Å²) < 4.78 is 10.9. The van der Waals surface area contributed by atoms with Crippen LogP contribution in [0.3, 0.4) is 0 Å². The lowest BCUT2D eigenvalue weighted by molar-refractivity contribution is -0.132. The van der Waals surface area contributed by atoms with Crippen LogP contribution in [0.5, 0.6) is 0 Å². The van der Waals surface area contributed by atoms with Gasteiger partial charge in [0.15, 0.2) is 0 Å². The third kappa shape index (κ3) is 2.34. The molecule has 0 aliphatic heterocycles. The standard InChI is InChI=1S/C21H32O3/c1-20-10-8-15(24-13-23-3)12-14(20)4-5-16-17-6-7-19(22)21(17,2)11-9-18(16)20/h4,15-18H,5-13H2,1-3H3/t15-,16-,17-,18-,20-,21-/m0/s1. The Labute approximate surface area is 146 Å². The fourth-order valence-electron chi connectivity index (χ4n) is 6.71. The van der Waals surface area contributed by atoms with Crippen molar-refractivity contribution in [2.45, 2.75) is 71.3 Å². The molecular formula is C21H32O3. The van der Waals surface area contributed by atoms with Crippen molar-refractivity contribution >= 4 is 5.78 Å². The maximum Gasteiger partial charge on any atom is 0.146 e. The van der Waals surface area contributed by atoms with Crippen LogP contribution >= 0.6 is 0 Å². The molecule has 0 N–H and O–H groups in total. The van der Waals surface area contributed by atoms with E-state index >= 15 is 0 Å². The number of hydrogen-bond donors (Lipinski definition) is 0. The largest absolute Gasteiger partial charge is 0.359 e. The average molecular weight is 332 g/mol. The van der Waals surface area contributed by atoms with Gasteiger partial charge in [-0.3, -0.25) is 4.79 Å². The second kappa shape index (κ2) is 5.95. The Hall–Kier alpha value is -0.670. The number of Topliss-reactive ketones (excluding diaryl/α,β-unsaturated/α-hetero) is 1. The molecule has 0 aromatic rings. The van der Waals surface area contributed by atoms with Gasteiger partial charge in [0.1, 0.15) is 12.6 Å². The van der Waals surface area contributed by atoms with E-state index in [4.69, 9.17) is 9.47 Å². The fraction of sp³-hybridized carbons (Fsp3) is 0.857. The molecule has 0 saturated heterocycles. The van der Waals surface area contributed by atoms with Gasteiger partial charge in [-0.15, -0.1) is 0 Å². The molecule has 0 bridgehead atoms. The summed E-state index contributed by atoms with van der Waals surface area (Å²) in [5.41, 5.74) is 1.95. The minimum atomic E-state index is -0.0123. The maximum atomic E-state index is 12.5. The SMILES string of the molecule is COCO[C@H]1CC[C@@]2(C)C(=CC[C@@H]3[C@@H]2CC[C@]2(C)C(=O)CC[C@@H]32)C1. The summed E-state index contributed by atoms with van der Waals surface area (Å²) in [5, 5.41) is 0. The summed E-state index contributed by atoms with van der Waals surface area (Å²) >= 11 is 0. The number of carbonyl (C=O) groups excluding carboxylic acids is 1. The summed E-state index contributed by atoms with van der Waals surface area (Å²) in [7, 11) is 1.69. The van der Waals surface area contributed by atoms with Crippen LogP contribution in [-0.4, -0.2) is 25.8 Å². The Balaban J connectivity index is 1.56. The molecule has 0 heterocycles. The van der Waals surface area contributed by atoms with Crippen molar-refractivity contribution in [3.8, 4) is 0 Å². The van der Waals surface area contributed by atoms with Crippen molar-refractivity contribution in [3.05, 3.63) is 11.6 Å². The number of rotatable bonds is 3. The van der Waals surface area contributed by atoms with Gasteiger partial charge < -0.3 is 9.47 Å². The molecule has 3 saturated carbocycles. The van der Waals surface area contributed by atoms with Gasteiger partial charge in [0.2, 0.25) is 0 Å². The summed E-state index contributed by atoms with van der Waals surface area (Å²) in [6.45, 7) is 5.17. The molecule has 0 aromatic heterocycles. The molecule has 0 unspecified atom stereocenters. The molecule has 0 radical (unpaired) electrons. The molecule has 24 heavy (non-hydrogen) atoms. The lowest BCUT2D eigenvalue weighted by Crippen LogP contribution is -2.50. The molecule has 4 rings (SSSR count). The smallest absolute Gasteiger partial charge is 0.146 e. The molecule has 3 fully saturated rings. The number of ketones is 1. The average Bonchev–Trinajstić information content (AvgIpc) is 2.88. The summed E-state index contributed by atoms with van der Waals surface area (Å²) in [6.07, 6.45) is 11.8. The molecule has 3 nitrogen and oxygen atoms in total. The first-order chi connectivity index (χ1) is 11.5. The fourth-order valence-corrected chi connectivity index (χ4v) is 6.71. The Kier molecular flexibility index (Phi) is 4.16. The van der Waals surface area contributed by atoms with E-state index in [1.165, 1.54) is 19.3 Å². The second-order valence-corrected chi connectivity index (χ2v) is 9.12. The Morgan fingerprint density at radius 3 is 2.67 bits per heavy atom. The Bertz CT molecular complexity index is 553. The Morgan fingerprint density at radius 1 is 1.12 bits per heavy atom. The predicted molar refractivity (Wildman–Crippen MR) is 93.5 cm³/mol. The van der Waals surface area contributed by atoms with Gasteiger partial charge in [-0.2, -0.15) is 0 Å². The van der Waals surface area contributed by atoms with Crippen molar-refractivity contribution < 1.29 is 14.3 Å². The summed E-state index contributed by atoms with van der Waals surface area (Å²) in [5.74, 6) is 2.66. The molecular weight excluding hydrogens is 300 g/mol. The highest BCUT2D eigenvalue weighted by molar-refractivity contribution is 5.87. The van der Waals surface area contributed by atoms with E-state index in [2.05, 4.69) is 19.9 Å². The van der Waals surface area contributed by atoms with Gasteiger partial charge in [0, 0.05) is 18.9 Å². The molecule has 0 amide bonds. The van der Waals surface area contributed by atoms with E-state index < -0.39 is 0 Å². The van der Waals surface area contributed by atoms with Gasteiger partial charge >= 0.3 is 0 Å². The number of hydrogen-bond acceptors (Lipinski definition) is 3. The zero-order chi connectivity index (χ0) is 16.9. The monoisotopic (exact) mass is 332 g/mol.